The summed E-state index contributed by atoms with van der Waals surface area (Å²) in [6.45, 7) is 4.23. The number of allylic oxidation sites excluding steroid dienone is 1. The van der Waals surface area contributed by atoms with Crippen molar-refractivity contribution in [2.75, 3.05) is 6.54 Å². The molecule has 0 bridgehead atoms. The summed E-state index contributed by atoms with van der Waals surface area (Å²) in [5.74, 6) is -0.197. The second-order valence-electron chi connectivity index (χ2n) is 5.85. The highest BCUT2D eigenvalue weighted by Gasteiger charge is 2.36. The molecule has 1 unspecified atom stereocenters. The summed E-state index contributed by atoms with van der Waals surface area (Å²) < 4.78 is 0. The van der Waals surface area contributed by atoms with Crippen molar-refractivity contribution in [1.29, 1.82) is 0 Å². The van der Waals surface area contributed by atoms with Crippen LogP contribution in [-0.2, 0) is 6.42 Å². The van der Waals surface area contributed by atoms with E-state index in [9.17, 15) is 9.59 Å². The fourth-order valence-corrected chi connectivity index (χ4v) is 3.07. The third-order valence-electron chi connectivity index (χ3n) is 4.19. The lowest BCUT2D eigenvalue weighted by Crippen LogP contribution is -2.35. The first-order chi connectivity index (χ1) is 11.2. The second-order valence-corrected chi connectivity index (χ2v) is 5.85. The quantitative estimate of drug-likeness (QED) is 0.602. The number of benzene rings is 2. The zero-order valence-corrected chi connectivity index (χ0v) is 12.9. The maximum absolute atomic E-state index is 12.5. The molecule has 0 spiro atoms. The molecule has 0 fully saturated rings. The molecule has 0 N–H and O–H groups in total. The van der Waals surface area contributed by atoms with Gasteiger partial charge in [-0.05, 0) is 36.5 Å². The number of hydrogen-bond acceptors (Lipinski definition) is 2. The van der Waals surface area contributed by atoms with Crippen LogP contribution in [0.25, 0.3) is 0 Å². The van der Waals surface area contributed by atoms with Gasteiger partial charge in [0.1, 0.15) is 0 Å². The van der Waals surface area contributed by atoms with Crippen molar-refractivity contribution in [3.05, 3.63) is 83.9 Å². The van der Waals surface area contributed by atoms with Crippen molar-refractivity contribution in [2.24, 2.45) is 5.92 Å². The molecule has 1 aliphatic heterocycles. The molecule has 2 aromatic rings. The molecule has 0 aromatic heterocycles. The molecule has 23 heavy (non-hydrogen) atoms. The lowest BCUT2D eigenvalue weighted by Gasteiger charge is -2.21. The van der Waals surface area contributed by atoms with Crippen molar-refractivity contribution >= 4 is 11.8 Å². The Bertz CT molecular complexity index is 701. The summed E-state index contributed by atoms with van der Waals surface area (Å²) in [7, 11) is 0. The van der Waals surface area contributed by atoms with Gasteiger partial charge in [0.25, 0.3) is 11.8 Å². The lowest BCUT2D eigenvalue weighted by molar-refractivity contribution is 0.0629. The van der Waals surface area contributed by atoms with Crippen LogP contribution in [0, 0.1) is 5.92 Å². The minimum Gasteiger partial charge on any atom is -0.274 e. The second kappa shape index (κ2) is 6.61. The van der Waals surface area contributed by atoms with E-state index in [1.54, 1.807) is 24.3 Å². The SMILES string of the molecule is C=CCC(Cc1ccccc1)CN1C(=O)c2ccccc2C1=O. The molecule has 2 amide bonds. The van der Waals surface area contributed by atoms with Crippen molar-refractivity contribution in [2.45, 2.75) is 12.8 Å². The Morgan fingerprint density at radius 2 is 1.48 bits per heavy atom. The highest BCUT2D eigenvalue weighted by atomic mass is 16.2. The highest BCUT2D eigenvalue weighted by molar-refractivity contribution is 6.21. The molecule has 3 heteroatoms. The number of hydrogen-bond donors (Lipinski definition) is 0. The minimum absolute atomic E-state index is 0.178. The van der Waals surface area contributed by atoms with E-state index in [4.69, 9.17) is 0 Å². The molecular formula is C20H19NO2. The first-order valence-corrected chi connectivity index (χ1v) is 7.80. The van der Waals surface area contributed by atoms with E-state index in [2.05, 4.69) is 18.7 Å². The van der Waals surface area contributed by atoms with Gasteiger partial charge in [-0.15, -0.1) is 6.58 Å². The Balaban J connectivity index is 1.77. The summed E-state index contributed by atoms with van der Waals surface area (Å²) in [6, 6.07) is 17.1. The Morgan fingerprint density at radius 3 is 2.04 bits per heavy atom. The molecule has 0 radical (unpaired) electrons. The van der Waals surface area contributed by atoms with Gasteiger partial charge in [-0.25, -0.2) is 0 Å². The molecule has 1 heterocycles. The number of amides is 2. The zero-order chi connectivity index (χ0) is 16.2. The van der Waals surface area contributed by atoms with Crippen LogP contribution in [0.15, 0.2) is 67.3 Å². The number of nitrogens with zero attached hydrogens (tertiary/aromatic N) is 1. The Kier molecular flexibility index (Phi) is 4.38. The van der Waals surface area contributed by atoms with Crippen LogP contribution in [0.3, 0.4) is 0 Å². The van der Waals surface area contributed by atoms with Crippen molar-refractivity contribution < 1.29 is 9.59 Å². The predicted octanol–water partition coefficient (Wildman–Crippen LogP) is 3.72. The molecule has 2 aromatic carbocycles. The average molecular weight is 305 g/mol. The van der Waals surface area contributed by atoms with Gasteiger partial charge in [0.05, 0.1) is 11.1 Å². The number of carbonyl (C=O) groups excluding carboxylic acids is 2. The van der Waals surface area contributed by atoms with Gasteiger partial charge >= 0.3 is 0 Å². The number of imide groups is 1. The van der Waals surface area contributed by atoms with Crippen LogP contribution in [0.5, 0.6) is 0 Å². The summed E-state index contributed by atoms with van der Waals surface area (Å²) in [6.07, 6.45) is 3.44. The number of rotatable bonds is 6. The molecule has 1 aliphatic rings. The summed E-state index contributed by atoms with van der Waals surface area (Å²) in [5, 5.41) is 0. The third kappa shape index (κ3) is 3.09. The molecule has 0 saturated heterocycles. The Morgan fingerprint density at radius 1 is 0.913 bits per heavy atom. The van der Waals surface area contributed by atoms with Crippen LogP contribution < -0.4 is 0 Å². The molecular weight excluding hydrogens is 286 g/mol. The predicted molar refractivity (Wildman–Crippen MR) is 90.3 cm³/mol. The summed E-state index contributed by atoms with van der Waals surface area (Å²) in [5.41, 5.74) is 2.22. The van der Waals surface area contributed by atoms with E-state index in [0.29, 0.717) is 17.7 Å². The fourth-order valence-electron chi connectivity index (χ4n) is 3.07. The topological polar surface area (TPSA) is 37.4 Å². The van der Waals surface area contributed by atoms with E-state index in [1.165, 1.54) is 10.5 Å². The van der Waals surface area contributed by atoms with Gasteiger partial charge < -0.3 is 0 Å². The van der Waals surface area contributed by atoms with Crippen LogP contribution in [0.1, 0.15) is 32.7 Å². The van der Waals surface area contributed by atoms with E-state index in [0.717, 1.165) is 12.8 Å². The molecule has 116 valence electrons. The van der Waals surface area contributed by atoms with Gasteiger partial charge in [-0.1, -0.05) is 48.5 Å². The van der Waals surface area contributed by atoms with Gasteiger partial charge in [0.2, 0.25) is 0 Å². The maximum atomic E-state index is 12.5. The molecule has 1 atom stereocenters. The standard InChI is InChI=1S/C20H19NO2/c1-2-8-16(13-15-9-4-3-5-10-15)14-21-19(22)17-11-6-7-12-18(17)20(21)23/h2-7,9-12,16H,1,8,13-14H2. The van der Waals surface area contributed by atoms with Gasteiger partial charge in [-0.3, -0.25) is 14.5 Å². The smallest absolute Gasteiger partial charge is 0.261 e. The van der Waals surface area contributed by atoms with Crippen LogP contribution in [0.4, 0.5) is 0 Å². The molecule has 0 saturated carbocycles. The molecule has 3 nitrogen and oxygen atoms in total. The Labute approximate surface area is 136 Å². The van der Waals surface area contributed by atoms with Crippen LogP contribution in [0.2, 0.25) is 0 Å². The van der Waals surface area contributed by atoms with Gasteiger partial charge in [-0.2, -0.15) is 0 Å². The molecule has 3 rings (SSSR count). The van der Waals surface area contributed by atoms with Crippen molar-refractivity contribution in [3.8, 4) is 0 Å². The van der Waals surface area contributed by atoms with E-state index >= 15 is 0 Å². The van der Waals surface area contributed by atoms with Crippen LogP contribution in [-0.4, -0.2) is 23.3 Å². The first kappa shape index (κ1) is 15.2. The fraction of sp³-hybridized carbons (Fsp3) is 0.200. The van der Waals surface area contributed by atoms with Crippen LogP contribution >= 0.6 is 0 Å². The van der Waals surface area contributed by atoms with E-state index in [1.807, 2.05) is 24.3 Å². The lowest BCUT2D eigenvalue weighted by atomic mass is 9.95. The maximum Gasteiger partial charge on any atom is 0.261 e. The summed E-state index contributed by atoms with van der Waals surface area (Å²) >= 11 is 0. The largest absolute Gasteiger partial charge is 0.274 e. The number of fused-ring (bicyclic) bond motifs is 1. The average Bonchev–Trinajstić information content (AvgIpc) is 2.81. The number of carbonyl (C=O) groups is 2. The third-order valence-corrected chi connectivity index (χ3v) is 4.19. The highest BCUT2D eigenvalue weighted by Crippen LogP contribution is 2.25. The first-order valence-electron chi connectivity index (χ1n) is 7.80. The van der Waals surface area contributed by atoms with Crippen molar-refractivity contribution in [1.82, 2.24) is 4.90 Å². The van der Waals surface area contributed by atoms with E-state index < -0.39 is 0 Å². The van der Waals surface area contributed by atoms with Gasteiger partial charge in [0.15, 0.2) is 0 Å². The molecule has 0 aliphatic carbocycles. The summed E-state index contributed by atoms with van der Waals surface area (Å²) in [4.78, 5) is 26.3. The minimum atomic E-state index is -0.187. The normalized spacial score (nSPS) is 14.7. The zero-order valence-electron chi connectivity index (χ0n) is 12.9. The Hall–Kier alpha value is -2.68. The van der Waals surface area contributed by atoms with Crippen molar-refractivity contribution in [3.63, 3.8) is 0 Å². The van der Waals surface area contributed by atoms with Gasteiger partial charge in [0, 0.05) is 6.54 Å². The monoisotopic (exact) mass is 305 g/mol. The van der Waals surface area contributed by atoms with E-state index in [-0.39, 0.29) is 17.7 Å².